The van der Waals surface area contributed by atoms with Crippen LogP contribution in [0.4, 0.5) is 0 Å². The molecule has 9 nitrogen and oxygen atoms in total. The van der Waals surface area contributed by atoms with E-state index in [0.29, 0.717) is 19.0 Å². The fourth-order valence-corrected chi connectivity index (χ4v) is 4.31. The molecule has 1 aliphatic carbocycles. The summed E-state index contributed by atoms with van der Waals surface area (Å²) in [5.41, 5.74) is 5.00. The topological polar surface area (TPSA) is 96.5 Å². The van der Waals surface area contributed by atoms with E-state index in [-0.39, 0.29) is 11.6 Å². The summed E-state index contributed by atoms with van der Waals surface area (Å²) < 4.78 is 4.93. The highest BCUT2D eigenvalue weighted by molar-refractivity contribution is 9.10. The first-order chi connectivity index (χ1) is 15.6. The Morgan fingerprint density at radius 3 is 2.91 bits per heavy atom. The molecule has 0 bridgehead atoms. The second-order valence-corrected chi connectivity index (χ2v) is 9.00. The van der Waals surface area contributed by atoms with E-state index in [0.717, 1.165) is 27.0 Å². The van der Waals surface area contributed by atoms with Crippen molar-refractivity contribution in [1.29, 1.82) is 0 Å². The van der Waals surface area contributed by atoms with Crippen molar-refractivity contribution in [2.24, 2.45) is 0 Å². The molecule has 32 heavy (non-hydrogen) atoms. The third-order valence-electron chi connectivity index (χ3n) is 5.77. The van der Waals surface area contributed by atoms with Crippen molar-refractivity contribution in [3.8, 4) is 0 Å². The number of pyridine rings is 2. The molecule has 0 spiro atoms. The molecule has 0 aliphatic heterocycles. The van der Waals surface area contributed by atoms with Crippen LogP contribution < -0.4 is 0 Å². The molecule has 6 rings (SSSR count). The fraction of sp³-hybridized carbons (Fsp3) is 0.227. The minimum atomic E-state index is -0.231. The van der Waals surface area contributed by atoms with Gasteiger partial charge in [-0.2, -0.15) is 0 Å². The Morgan fingerprint density at radius 2 is 2.09 bits per heavy atom. The lowest BCUT2D eigenvalue weighted by Crippen LogP contribution is -2.30. The summed E-state index contributed by atoms with van der Waals surface area (Å²) in [5, 5.41) is 10.2. The van der Waals surface area contributed by atoms with Gasteiger partial charge in [0.2, 0.25) is 0 Å². The molecule has 1 amide bonds. The molecule has 5 aromatic heterocycles. The molecule has 5 aromatic rings. The van der Waals surface area contributed by atoms with Gasteiger partial charge in [0.05, 0.1) is 42.5 Å². The summed E-state index contributed by atoms with van der Waals surface area (Å²) in [6.07, 6.45) is 11.8. The molecule has 1 fully saturated rings. The predicted molar refractivity (Wildman–Crippen MR) is 120 cm³/mol. The van der Waals surface area contributed by atoms with Gasteiger partial charge >= 0.3 is 0 Å². The smallest absolute Gasteiger partial charge is 0.276 e. The standard InChI is InChI=1S/C22H19BrN8O/c23-16-5-6-29-13-24-19(20(29)7-16)12-31(22(32)18-8-25-28-27-18)11-17-10-30-9-15(14-1-2-14)3-4-21(30)26-17/h3-10,13-14H,1-2,11-12H2,(H,25,27,28). The monoisotopic (exact) mass is 490 g/mol. The zero-order chi connectivity index (χ0) is 21.7. The van der Waals surface area contributed by atoms with E-state index in [1.807, 2.05) is 39.4 Å². The number of hydrogen-bond donors (Lipinski definition) is 1. The molecule has 1 N–H and O–H groups in total. The van der Waals surface area contributed by atoms with Crippen LogP contribution in [0, 0.1) is 0 Å². The lowest BCUT2D eigenvalue weighted by atomic mass is 10.2. The average Bonchev–Trinajstić information content (AvgIpc) is 3.19. The van der Waals surface area contributed by atoms with E-state index in [1.54, 1.807) is 11.2 Å². The van der Waals surface area contributed by atoms with Crippen LogP contribution in [0.5, 0.6) is 0 Å². The second kappa shape index (κ2) is 7.56. The van der Waals surface area contributed by atoms with Crippen molar-refractivity contribution in [3.05, 3.63) is 82.5 Å². The van der Waals surface area contributed by atoms with Gasteiger partial charge in [0.15, 0.2) is 5.69 Å². The Balaban J connectivity index is 1.34. The van der Waals surface area contributed by atoms with E-state index in [4.69, 9.17) is 4.98 Å². The molecule has 160 valence electrons. The number of rotatable bonds is 6. The van der Waals surface area contributed by atoms with E-state index < -0.39 is 0 Å². The number of aromatic amines is 1. The summed E-state index contributed by atoms with van der Waals surface area (Å²) in [4.78, 5) is 24.2. The fourth-order valence-electron chi connectivity index (χ4n) is 3.98. The maximum atomic E-state index is 13.2. The number of imidazole rings is 2. The Kier molecular flexibility index (Phi) is 4.53. The molecule has 1 aliphatic rings. The number of aromatic nitrogens is 7. The van der Waals surface area contributed by atoms with Crippen LogP contribution in [0.1, 0.15) is 46.2 Å². The highest BCUT2D eigenvalue weighted by Crippen LogP contribution is 2.39. The number of amides is 1. The van der Waals surface area contributed by atoms with Gasteiger partial charge in [-0.05, 0) is 42.5 Å². The molecule has 1 saturated carbocycles. The normalized spacial score (nSPS) is 13.8. The molecule has 0 aromatic carbocycles. The van der Waals surface area contributed by atoms with E-state index in [2.05, 4.69) is 48.6 Å². The maximum absolute atomic E-state index is 13.2. The van der Waals surface area contributed by atoms with Crippen molar-refractivity contribution in [3.63, 3.8) is 0 Å². The lowest BCUT2D eigenvalue weighted by Gasteiger charge is -2.20. The number of fused-ring (bicyclic) bond motifs is 2. The van der Waals surface area contributed by atoms with Crippen LogP contribution in [-0.2, 0) is 13.1 Å². The highest BCUT2D eigenvalue weighted by Gasteiger charge is 2.25. The molecule has 10 heteroatoms. The van der Waals surface area contributed by atoms with Gasteiger partial charge in [0.25, 0.3) is 5.91 Å². The number of carbonyl (C=O) groups excluding carboxylic acids is 1. The number of halogens is 1. The second-order valence-electron chi connectivity index (χ2n) is 8.08. The van der Waals surface area contributed by atoms with Crippen molar-refractivity contribution < 1.29 is 4.79 Å². The van der Waals surface area contributed by atoms with Crippen LogP contribution >= 0.6 is 15.9 Å². The Morgan fingerprint density at radius 1 is 1.19 bits per heavy atom. The minimum Gasteiger partial charge on any atom is -0.325 e. The lowest BCUT2D eigenvalue weighted by molar-refractivity contribution is 0.0721. The van der Waals surface area contributed by atoms with Crippen LogP contribution in [0.3, 0.4) is 0 Å². The van der Waals surface area contributed by atoms with Gasteiger partial charge in [-0.1, -0.05) is 27.2 Å². The van der Waals surface area contributed by atoms with Gasteiger partial charge in [-0.3, -0.25) is 9.89 Å². The van der Waals surface area contributed by atoms with Crippen LogP contribution in [-0.4, -0.2) is 45.0 Å². The zero-order valence-corrected chi connectivity index (χ0v) is 18.6. The summed E-state index contributed by atoms with van der Waals surface area (Å²) in [7, 11) is 0. The first-order valence-corrected chi connectivity index (χ1v) is 11.2. The summed E-state index contributed by atoms with van der Waals surface area (Å²) in [6.45, 7) is 0.652. The highest BCUT2D eigenvalue weighted by atomic mass is 79.9. The Bertz CT molecular complexity index is 1430. The Hall–Kier alpha value is -3.53. The quantitative estimate of drug-likeness (QED) is 0.392. The average molecular weight is 491 g/mol. The summed E-state index contributed by atoms with van der Waals surface area (Å²) in [5.74, 6) is 0.439. The largest absolute Gasteiger partial charge is 0.325 e. The first kappa shape index (κ1) is 19.2. The minimum absolute atomic E-state index is 0.231. The van der Waals surface area contributed by atoms with Gasteiger partial charge in [-0.25, -0.2) is 9.97 Å². The number of H-pyrrole nitrogens is 1. The molecule has 0 saturated heterocycles. The SMILES string of the molecule is O=C(c1c[nH]nn1)N(Cc1cn2cc(C3CC3)ccc2n1)Cc1ncn2ccc(Br)cc12. The maximum Gasteiger partial charge on any atom is 0.276 e. The van der Waals surface area contributed by atoms with Crippen LogP contribution in [0.2, 0.25) is 0 Å². The molecule has 5 heterocycles. The zero-order valence-electron chi connectivity index (χ0n) is 17.0. The first-order valence-electron chi connectivity index (χ1n) is 10.4. The van der Waals surface area contributed by atoms with Gasteiger partial charge in [-0.15, -0.1) is 5.10 Å². The van der Waals surface area contributed by atoms with Crippen molar-refractivity contribution in [2.75, 3.05) is 0 Å². The van der Waals surface area contributed by atoms with Gasteiger partial charge in [0.1, 0.15) is 5.65 Å². The Labute approximate surface area is 191 Å². The third kappa shape index (κ3) is 3.56. The van der Waals surface area contributed by atoms with E-state index in [1.165, 1.54) is 24.6 Å². The number of hydrogen-bond acceptors (Lipinski definition) is 5. The predicted octanol–water partition coefficient (Wildman–Crippen LogP) is 3.58. The van der Waals surface area contributed by atoms with Crippen LogP contribution in [0.25, 0.3) is 11.2 Å². The number of carbonyl (C=O) groups is 1. The van der Waals surface area contributed by atoms with Crippen molar-refractivity contribution in [2.45, 2.75) is 31.8 Å². The molecular weight excluding hydrogens is 472 g/mol. The summed E-state index contributed by atoms with van der Waals surface area (Å²) >= 11 is 3.51. The third-order valence-corrected chi connectivity index (χ3v) is 6.26. The van der Waals surface area contributed by atoms with Crippen molar-refractivity contribution >= 4 is 33.0 Å². The molecule has 0 radical (unpaired) electrons. The molecule has 0 atom stereocenters. The molecule has 0 unspecified atom stereocenters. The van der Waals surface area contributed by atoms with E-state index in [9.17, 15) is 4.79 Å². The van der Waals surface area contributed by atoms with E-state index >= 15 is 0 Å². The van der Waals surface area contributed by atoms with Gasteiger partial charge < -0.3 is 13.7 Å². The van der Waals surface area contributed by atoms with Crippen LogP contribution in [0.15, 0.2) is 59.9 Å². The molecular formula is C22H19BrN8O. The number of nitrogens with one attached hydrogen (secondary N) is 1. The number of nitrogens with zero attached hydrogens (tertiary/aromatic N) is 7. The van der Waals surface area contributed by atoms with Crippen molar-refractivity contribution in [1.82, 2.24) is 39.1 Å². The van der Waals surface area contributed by atoms with Gasteiger partial charge in [0, 0.05) is 23.1 Å². The summed E-state index contributed by atoms with van der Waals surface area (Å²) in [6, 6.07) is 8.13.